The van der Waals surface area contributed by atoms with E-state index in [0.717, 1.165) is 11.2 Å². The van der Waals surface area contributed by atoms with Crippen molar-refractivity contribution in [2.24, 2.45) is 0 Å². The highest BCUT2D eigenvalue weighted by atomic mass is 16.3. The van der Waals surface area contributed by atoms with Crippen LogP contribution in [-0.2, 0) is 5.41 Å². The van der Waals surface area contributed by atoms with Gasteiger partial charge in [0.25, 0.3) is 11.2 Å². The Bertz CT molecular complexity index is 4090. The van der Waals surface area contributed by atoms with Crippen LogP contribution in [0.15, 0.2) is 217 Å². The second-order valence-corrected chi connectivity index (χ2v) is 18.5. The fourth-order valence-electron chi connectivity index (χ4n) is 11.5. The van der Waals surface area contributed by atoms with Crippen molar-refractivity contribution < 1.29 is 4.42 Å². The van der Waals surface area contributed by atoms with Gasteiger partial charge in [0.05, 0.1) is 21.8 Å². The van der Waals surface area contributed by atoms with Crippen molar-refractivity contribution in [2.75, 3.05) is 0 Å². The van der Waals surface area contributed by atoms with Gasteiger partial charge in [-0.05, 0) is 143 Å². The van der Waals surface area contributed by atoms with Crippen molar-refractivity contribution in [3.8, 4) is 50.2 Å². The minimum absolute atomic E-state index is 0.227. The molecule has 304 valence electrons. The Kier molecular flexibility index (Phi) is 7.49. The molecule has 1 aliphatic rings. The summed E-state index contributed by atoms with van der Waals surface area (Å²) in [4.78, 5) is 0. The van der Waals surface area contributed by atoms with Gasteiger partial charge in [-0.2, -0.15) is 0 Å². The number of furan rings is 1. The third-order valence-electron chi connectivity index (χ3n) is 14.6. The minimum atomic E-state index is -0.227. The van der Waals surface area contributed by atoms with E-state index in [4.69, 9.17) is 4.42 Å². The highest BCUT2D eigenvalue weighted by Gasteiger charge is 2.39. The summed E-state index contributed by atoms with van der Waals surface area (Å²) in [5, 5.41) is 12.7. The number of benzene rings is 11. The van der Waals surface area contributed by atoms with E-state index in [2.05, 4.69) is 231 Å². The quantitative estimate of drug-likeness (QED) is 0.124. The number of hydrogen-bond acceptors (Lipinski definition) is 0. The van der Waals surface area contributed by atoms with Crippen LogP contribution in [0.5, 0.6) is 0 Å². The second-order valence-electron chi connectivity index (χ2n) is 18.5. The molecule has 65 heavy (non-hydrogen) atoms. The number of hydrogen-bond donors (Lipinski definition) is 0. The monoisotopic (exact) mass is 828 g/mol. The summed E-state index contributed by atoms with van der Waals surface area (Å²) < 4.78 is 7.55. The first-order valence-electron chi connectivity index (χ1n) is 22.7. The average molecular weight is 829 g/mol. The minimum Gasteiger partial charge on any atom is -0.545 e. The van der Waals surface area contributed by atoms with Crippen molar-refractivity contribution in [2.45, 2.75) is 19.3 Å². The SMILES string of the molecule is CC1(C)c2cc(-n3c4ccc(-c5ccc(-c6ccccc6)cc5)cc4c4cc(-c5ccc6c7ccccc7c7ccccc7c6c5)ccc43)ccc2-c2ccc3[oH+]c4ccccc4c3c21. The van der Waals surface area contributed by atoms with Gasteiger partial charge in [-0.15, -0.1) is 0 Å². The van der Waals surface area contributed by atoms with Gasteiger partial charge in [0.1, 0.15) is 0 Å². The molecule has 0 atom stereocenters. The third kappa shape index (κ3) is 5.23. The first-order valence-corrected chi connectivity index (χ1v) is 22.7. The first kappa shape index (κ1) is 36.3. The van der Waals surface area contributed by atoms with Gasteiger partial charge in [-0.25, -0.2) is 0 Å². The van der Waals surface area contributed by atoms with Gasteiger partial charge < -0.3 is 8.98 Å². The van der Waals surface area contributed by atoms with Crippen molar-refractivity contribution >= 4 is 76.1 Å². The molecule has 0 unspecified atom stereocenters. The van der Waals surface area contributed by atoms with Crippen LogP contribution < -0.4 is 0 Å². The molecule has 0 saturated carbocycles. The van der Waals surface area contributed by atoms with Crippen LogP contribution in [0, 0.1) is 0 Å². The Morgan fingerprint density at radius 3 is 1.48 bits per heavy atom. The van der Waals surface area contributed by atoms with Gasteiger partial charge in [-0.3, -0.25) is 0 Å². The van der Waals surface area contributed by atoms with Crippen LogP contribution in [0.4, 0.5) is 0 Å². The summed E-state index contributed by atoms with van der Waals surface area (Å²) in [5.41, 5.74) is 18.1. The van der Waals surface area contributed by atoms with Crippen molar-refractivity contribution in [3.63, 3.8) is 0 Å². The lowest BCUT2D eigenvalue weighted by Crippen LogP contribution is -2.15. The van der Waals surface area contributed by atoms with E-state index in [1.807, 2.05) is 0 Å². The third-order valence-corrected chi connectivity index (χ3v) is 14.6. The molecule has 0 amide bonds. The van der Waals surface area contributed by atoms with Crippen molar-refractivity contribution in [3.05, 3.63) is 223 Å². The van der Waals surface area contributed by atoms with Crippen LogP contribution in [-0.4, -0.2) is 4.57 Å². The van der Waals surface area contributed by atoms with Crippen LogP contribution in [0.2, 0.25) is 0 Å². The Morgan fingerprint density at radius 2 is 0.815 bits per heavy atom. The Morgan fingerprint density at radius 1 is 0.338 bits per heavy atom. The topological polar surface area (TPSA) is 17.7 Å². The molecule has 14 rings (SSSR count). The number of para-hydroxylation sites is 1. The molecule has 0 fully saturated rings. The first-order chi connectivity index (χ1) is 32.0. The Hall–Kier alpha value is -8.20. The molecule has 0 aliphatic heterocycles. The predicted octanol–water partition coefficient (Wildman–Crippen LogP) is 17.6. The molecule has 2 heterocycles. The fraction of sp³-hybridized carbons (Fsp3) is 0.0476. The molecule has 0 spiro atoms. The van der Waals surface area contributed by atoms with E-state index in [0.29, 0.717) is 0 Å². The van der Waals surface area contributed by atoms with Gasteiger partial charge in [0.15, 0.2) is 0 Å². The smallest absolute Gasteiger partial charge is 0.269 e. The lowest BCUT2D eigenvalue weighted by atomic mass is 9.80. The Labute approximate surface area is 376 Å². The largest absolute Gasteiger partial charge is 0.545 e. The number of fused-ring (bicyclic) bond motifs is 16. The number of aromatic nitrogens is 1. The maximum atomic E-state index is 5.06. The highest BCUT2D eigenvalue weighted by Crippen LogP contribution is 2.54. The van der Waals surface area contributed by atoms with E-state index in [1.54, 1.807) is 0 Å². The summed E-state index contributed by atoms with van der Waals surface area (Å²) in [6.45, 7) is 4.79. The lowest BCUT2D eigenvalue weighted by molar-refractivity contribution is 0.656. The van der Waals surface area contributed by atoms with E-state index in [9.17, 15) is 0 Å². The molecule has 2 nitrogen and oxygen atoms in total. The highest BCUT2D eigenvalue weighted by molar-refractivity contribution is 6.26. The van der Waals surface area contributed by atoms with Gasteiger partial charge in [0.2, 0.25) is 0 Å². The molecular weight excluding hydrogens is 787 g/mol. The summed E-state index contributed by atoms with van der Waals surface area (Å²) in [7, 11) is 0. The summed E-state index contributed by atoms with van der Waals surface area (Å²) >= 11 is 0. The average Bonchev–Trinajstić information content (AvgIpc) is 3.98. The van der Waals surface area contributed by atoms with Crippen LogP contribution in [0.3, 0.4) is 0 Å². The molecule has 0 saturated heterocycles. The van der Waals surface area contributed by atoms with Gasteiger partial charge >= 0.3 is 0 Å². The van der Waals surface area contributed by atoms with Crippen LogP contribution in [0.1, 0.15) is 25.0 Å². The molecule has 0 bridgehead atoms. The van der Waals surface area contributed by atoms with E-state index in [1.165, 1.54) is 126 Å². The number of nitrogens with zero attached hydrogens (tertiary/aromatic N) is 1. The molecule has 13 aromatic rings. The molecule has 1 aliphatic carbocycles. The maximum Gasteiger partial charge on any atom is 0.269 e. The zero-order chi connectivity index (χ0) is 43.0. The second kappa shape index (κ2) is 13.4. The molecule has 2 heteroatoms. The normalized spacial score (nSPS) is 13.2. The van der Waals surface area contributed by atoms with Crippen LogP contribution >= 0.6 is 0 Å². The number of rotatable bonds is 4. The lowest BCUT2D eigenvalue weighted by Gasteiger charge is -2.22. The standard InChI is InChI=1S/C63H41NO/c1-63(2)56-37-44(27-29-50(56)51-30-33-60-61(62(51)63)52-18-10-11-19-59(52)65-60)64-57-31-25-41(40-22-20-39(21-23-40)38-12-4-3-5-13-38)35-54(57)55-36-43(26-32-58(55)64)42-24-28-49-47-16-7-6-14-45(47)46-15-8-9-17-48(46)53(49)34-42/h3-37H,1-2H3/p+1. The zero-order valence-corrected chi connectivity index (χ0v) is 36.1. The van der Waals surface area contributed by atoms with E-state index < -0.39 is 0 Å². The fourth-order valence-corrected chi connectivity index (χ4v) is 11.5. The summed E-state index contributed by atoms with van der Waals surface area (Å²) in [6.07, 6.45) is 0. The molecule has 1 N–H and O–H groups in total. The van der Waals surface area contributed by atoms with Gasteiger partial charge in [0, 0.05) is 34.0 Å². The molecule has 0 radical (unpaired) electrons. The summed E-state index contributed by atoms with van der Waals surface area (Å²) in [5.74, 6) is 0. The Balaban J connectivity index is 0.965. The van der Waals surface area contributed by atoms with E-state index >= 15 is 0 Å². The summed E-state index contributed by atoms with van der Waals surface area (Å²) in [6, 6.07) is 78.8. The maximum absolute atomic E-state index is 5.06. The predicted molar refractivity (Wildman–Crippen MR) is 276 cm³/mol. The zero-order valence-electron chi connectivity index (χ0n) is 36.1. The molecule has 11 aromatic carbocycles. The molecule has 2 aromatic heterocycles. The van der Waals surface area contributed by atoms with E-state index in [-0.39, 0.29) is 5.41 Å². The van der Waals surface area contributed by atoms with Crippen molar-refractivity contribution in [1.29, 1.82) is 0 Å². The molecular formula is C63H42NO+. The van der Waals surface area contributed by atoms with Crippen LogP contribution in [0.25, 0.3) is 126 Å². The van der Waals surface area contributed by atoms with Gasteiger partial charge in [-0.1, -0.05) is 159 Å². The van der Waals surface area contributed by atoms with Crippen molar-refractivity contribution in [1.82, 2.24) is 4.57 Å².